The van der Waals surface area contributed by atoms with Gasteiger partial charge in [0.2, 0.25) is 0 Å². The fourth-order valence-electron chi connectivity index (χ4n) is 1.13. The van der Waals surface area contributed by atoms with Crippen molar-refractivity contribution in [3.8, 4) is 5.75 Å². The number of hydrogen-bond donors (Lipinski definition) is 2. The van der Waals surface area contributed by atoms with Crippen molar-refractivity contribution in [1.29, 1.82) is 0 Å². The summed E-state index contributed by atoms with van der Waals surface area (Å²) in [7, 11) is 1.60. The van der Waals surface area contributed by atoms with Gasteiger partial charge in [0, 0.05) is 10.7 Å². The maximum atomic E-state index is 5.56. The average molecular weight is 251 g/mol. The van der Waals surface area contributed by atoms with E-state index in [4.69, 9.17) is 27.8 Å². The fraction of sp³-hybridized carbons (Fsp3) is 0.0769. The number of nitrogens with two attached hydrogens (primary N) is 2. The molecule has 0 aliphatic carbocycles. The Balaban J connectivity index is 0.000000171. The second kappa shape index (κ2) is 6.66. The monoisotopic (exact) mass is 250 g/mol. The molecule has 4 heteroatoms. The molecule has 0 aliphatic rings. The van der Waals surface area contributed by atoms with E-state index >= 15 is 0 Å². The van der Waals surface area contributed by atoms with E-state index in [-0.39, 0.29) is 0 Å². The summed E-state index contributed by atoms with van der Waals surface area (Å²) in [5, 5.41) is 0.721. The van der Waals surface area contributed by atoms with Crippen LogP contribution in [-0.4, -0.2) is 7.11 Å². The molecular weight excluding hydrogens is 236 g/mol. The van der Waals surface area contributed by atoms with Crippen molar-refractivity contribution in [2.45, 2.75) is 0 Å². The molecule has 0 unspecified atom stereocenters. The quantitative estimate of drug-likeness (QED) is 0.764. The highest BCUT2D eigenvalue weighted by molar-refractivity contribution is 6.30. The van der Waals surface area contributed by atoms with Crippen molar-refractivity contribution in [3.05, 3.63) is 53.6 Å². The largest absolute Gasteiger partial charge is 0.495 e. The van der Waals surface area contributed by atoms with Crippen molar-refractivity contribution in [2.24, 2.45) is 0 Å². The fourth-order valence-corrected chi connectivity index (χ4v) is 1.26. The van der Waals surface area contributed by atoms with E-state index in [1.54, 1.807) is 37.4 Å². The number of para-hydroxylation sites is 2. The van der Waals surface area contributed by atoms with Gasteiger partial charge in [0.1, 0.15) is 5.75 Å². The van der Waals surface area contributed by atoms with Gasteiger partial charge in [0.05, 0.1) is 12.8 Å². The third kappa shape index (κ3) is 4.66. The molecule has 0 amide bonds. The molecule has 0 fully saturated rings. The van der Waals surface area contributed by atoms with Crippen LogP contribution in [0, 0.1) is 0 Å². The summed E-state index contributed by atoms with van der Waals surface area (Å²) >= 11 is 5.56. The molecule has 0 heterocycles. The minimum Gasteiger partial charge on any atom is -0.495 e. The number of benzene rings is 2. The van der Waals surface area contributed by atoms with Crippen molar-refractivity contribution < 1.29 is 4.74 Å². The van der Waals surface area contributed by atoms with Crippen molar-refractivity contribution in [2.75, 3.05) is 18.6 Å². The highest BCUT2D eigenvalue weighted by Crippen LogP contribution is 2.18. The molecule has 2 aromatic rings. The van der Waals surface area contributed by atoms with Crippen molar-refractivity contribution in [3.63, 3.8) is 0 Å². The summed E-state index contributed by atoms with van der Waals surface area (Å²) in [6.45, 7) is 0. The third-order valence-corrected chi connectivity index (χ3v) is 2.26. The maximum Gasteiger partial charge on any atom is 0.141 e. The van der Waals surface area contributed by atoms with Gasteiger partial charge in [-0.3, -0.25) is 0 Å². The summed E-state index contributed by atoms with van der Waals surface area (Å²) < 4.78 is 4.92. The lowest BCUT2D eigenvalue weighted by Gasteiger charge is -2.00. The molecule has 0 saturated carbocycles. The van der Waals surface area contributed by atoms with Crippen LogP contribution in [-0.2, 0) is 0 Å². The number of rotatable bonds is 1. The van der Waals surface area contributed by atoms with Gasteiger partial charge >= 0.3 is 0 Å². The molecule has 0 atom stereocenters. The van der Waals surface area contributed by atoms with Gasteiger partial charge in [-0.1, -0.05) is 23.7 Å². The average Bonchev–Trinajstić information content (AvgIpc) is 2.34. The van der Waals surface area contributed by atoms with E-state index in [1.807, 2.05) is 18.2 Å². The molecule has 0 bridgehead atoms. The van der Waals surface area contributed by atoms with E-state index < -0.39 is 0 Å². The Bertz CT molecular complexity index is 436. The minimum absolute atomic E-state index is 0.681. The Kier molecular flexibility index (Phi) is 5.17. The first-order chi connectivity index (χ1) is 8.13. The van der Waals surface area contributed by atoms with Crippen LogP contribution in [0.2, 0.25) is 5.02 Å². The molecule has 2 rings (SSSR count). The standard InChI is InChI=1S/C7H9NO.C6H6ClN/c1-9-7-5-3-2-4-6(7)8;7-5-1-3-6(8)4-2-5/h2-5H,8H2,1H3;1-4H,8H2. The Morgan fingerprint density at radius 1 is 0.941 bits per heavy atom. The zero-order valence-electron chi connectivity index (χ0n) is 9.56. The molecule has 0 saturated heterocycles. The molecule has 0 spiro atoms. The molecule has 0 aromatic heterocycles. The SMILES string of the molecule is COc1ccccc1N.Nc1ccc(Cl)cc1. The second-order valence-electron chi connectivity index (χ2n) is 3.29. The van der Waals surface area contributed by atoms with Crippen LogP contribution in [0.25, 0.3) is 0 Å². The topological polar surface area (TPSA) is 61.3 Å². The first kappa shape index (κ1) is 13.2. The van der Waals surface area contributed by atoms with Gasteiger partial charge in [-0.2, -0.15) is 0 Å². The molecule has 0 radical (unpaired) electrons. The molecule has 2 aromatic carbocycles. The van der Waals surface area contributed by atoms with Gasteiger partial charge in [-0.15, -0.1) is 0 Å². The minimum atomic E-state index is 0.681. The van der Waals surface area contributed by atoms with E-state index in [0.717, 1.165) is 16.5 Å². The molecule has 4 N–H and O–H groups in total. The summed E-state index contributed by atoms with van der Waals surface area (Å²) in [6, 6.07) is 14.4. The molecule has 3 nitrogen and oxygen atoms in total. The summed E-state index contributed by atoms with van der Waals surface area (Å²) in [4.78, 5) is 0. The Labute approximate surface area is 106 Å². The number of halogens is 1. The lowest BCUT2D eigenvalue weighted by Crippen LogP contribution is -1.89. The number of ether oxygens (including phenoxy) is 1. The summed E-state index contributed by atoms with van der Waals surface area (Å²) in [5.74, 6) is 0.734. The first-order valence-electron chi connectivity index (χ1n) is 5.03. The Hall–Kier alpha value is -1.87. The zero-order valence-corrected chi connectivity index (χ0v) is 10.3. The predicted molar refractivity (Wildman–Crippen MR) is 73.3 cm³/mol. The number of anilines is 2. The van der Waals surface area contributed by atoms with Crippen molar-refractivity contribution >= 4 is 23.0 Å². The van der Waals surface area contributed by atoms with Crippen LogP contribution >= 0.6 is 11.6 Å². The van der Waals surface area contributed by atoms with E-state index in [0.29, 0.717) is 5.69 Å². The van der Waals surface area contributed by atoms with Gasteiger partial charge < -0.3 is 16.2 Å². The first-order valence-corrected chi connectivity index (χ1v) is 5.41. The lowest BCUT2D eigenvalue weighted by molar-refractivity contribution is 0.417. The van der Waals surface area contributed by atoms with Gasteiger partial charge in [-0.05, 0) is 36.4 Å². The Morgan fingerprint density at radius 2 is 1.53 bits per heavy atom. The van der Waals surface area contributed by atoms with E-state index in [2.05, 4.69) is 0 Å². The molecule has 17 heavy (non-hydrogen) atoms. The second-order valence-corrected chi connectivity index (χ2v) is 3.73. The lowest BCUT2D eigenvalue weighted by atomic mass is 10.3. The normalized spacial score (nSPS) is 9.06. The summed E-state index contributed by atoms with van der Waals surface area (Å²) in [6.07, 6.45) is 0. The summed E-state index contributed by atoms with van der Waals surface area (Å²) in [5.41, 5.74) is 12.3. The van der Waals surface area contributed by atoms with Crippen LogP contribution in [0.1, 0.15) is 0 Å². The maximum absolute atomic E-state index is 5.56. The van der Waals surface area contributed by atoms with Gasteiger partial charge in [-0.25, -0.2) is 0 Å². The predicted octanol–water partition coefficient (Wildman–Crippen LogP) is 3.20. The van der Waals surface area contributed by atoms with Crippen LogP contribution < -0.4 is 16.2 Å². The van der Waals surface area contributed by atoms with Crippen LogP contribution in [0.5, 0.6) is 5.75 Å². The smallest absolute Gasteiger partial charge is 0.141 e. The number of nitrogen functional groups attached to an aromatic ring is 2. The molecular formula is C13H15ClN2O. The van der Waals surface area contributed by atoms with Gasteiger partial charge in [0.15, 0.2) is 0 Å². The number of methoxy groups -OCH3 is 1. The highest BCUT2D eigenvalue weighted by Gasteiger charge is 1.91. The van der Waals surface area contributed by atoms with E-state index in [1.165, 1.54) is 0 Å². The van der Waals surface area contributed by atoms with Gasteiger partial charge in [0.25, 0.3) is 0 Å². The van der Waals surface area contributed by atoms with Crippen molar-refractivity contribution in [1.82, 2.24) is 0 Å². The highest BCUT2D eigenvalue weighted by atomic mass is 35.5. The number of hydrogen-bond acceptors (Lipinski definition) is 3. The molecule has 0 aliphatic heterocycles. The van der Waals surface area contributed by atoms with Crippen LogP contribution in [0.4, 0.5) is 11.4 Å². The third-order valence-electron chi connectivity index (χ3n) is 2.01. The van der Waals surface area contributed by atoms with E-state index in [9.17, 15) is 0 Å². The Morgan fingerprint density at radius 3 is 1.94 bits per heavy atom. The zero-order chi connectivity index (χ0) is 12.7. The van der Waals surface area contributed by atoms with Crippen LogP contribution in [0.3, 0.4) is 0 Å². The van der Waals surface area contributed by atoms with Crippen LogP contribution in [0.15, 0.2) is 48.5 Å². The molecule has 90 valence electrons.